The summed E-state index contributed by atoms with van der Waals surface area (Å²) in [5, 5.41) is 15.2. The minimum atomic E-state index is -0.742. The lowest BCUT2D eigenvalue weighted by molar-refractivity contribution is 0.181. The van der Waals surface area contributed by atoms with Crippen molar-refractivity contribution in [1.82, 2.24) is 9.78 Å². The van der Waals surface area contributed by atoms with Crippen LogP contribution in [0, 0.1) is 0 Å². The van der Waals surface area contributed by atoms with Crippen LogP contribution in [0.2, 0.25) is 0 Å². The number of aromatic nitrogens is 2. The molecule has 0 aliphatic heterocycles. The van der Waals surface area contributed by atoms with E-state index in [1.807, 2.05) is 65.5 Å². The Morgan fingerprint density at radius 2 is 1.76 bits per heavy atom. The van der Waals surface area contributed by atoms with E-state index in [0.29, 0.717) is 13.0 Å². The summed E-state index contributed by atoms with van der Waals surface area (Å²) >= 11 is 0. The highest BCUT2D eigenvalue weighted by Gasteiger charge is 2.26. The normalized spacial score (nSPS) is 14.2. The molecule has 1 atom stereocenters. The molecule has 0 saturated heterocycles. The minimum Gasteiger partial charge on any atom is -0.394 e. The van der Waals surface area contributed by atoms with Gasteiger partial charge in [0.15, 0.2) is 0 Å². The lowest BCUT2D eigenvalue weighted by atomic mass is 9.88. The molecule has 2 aromatic carbocycles. The van der Waals surface area contributed by atoms with Gasteiger partial charge < -0.3 is 10.8 Å². The molecule has 1 unspecified atom stereocenters. The lowest BCUT2D eigenvalue weighted by Gasteiger charge is -2.28. The molecule has 0 aliphatic rings. The van der Waals surface area contributed by atoms with Gasteiger partial charge in [-0.05, 0) is 18.1 Å². The van der Waals surface area contributed by atoms with Gasteiger partial charge in [-0.15, -0.1) is 0 Å². The number of aliphatic hydroxyl groups excluding tert-OH is 1. The molecule has 3 aromatic rings. The highest BCUT2D eigenvalue weighted by molar-refractivity contribution is 5.78. The first-order valence-electron chi connectivity index (χ1n) is 7.09. The van der Waals surface area contributed by atoms with Gasteiger partial charge in [-0.1, -0.05) is 48.5 Å². The van der Waals surface area contributed by atoms with Crippen molar-refractivity contribution in [2.75, 3.05) is 6.61 Å². The van der Waals surface area contributed by atoms with Crippen LogP contribution in [0.15, 0.2) is 60.8 Å². The molecule has 0 radical (unpaired) electrons. The Hall–Kier alpha value is -2.17. The Kier molecular flexibility index (Phi) is 3.73. The van der Waals surface area contributed by atoms with Gasteiger partial charge >= 0.3 is 0 Å². The second-order valence-electron chi connectivity index (χ2n) is 5.36. The van der Waals surface area contributed by atoms with Crippen LogP contribution in [0.4, 0.5) is 0 Å². The van der Waals surface area contributed by atoms with Crippen molar-refractivity contribution < 1.29 is 5.11 Å². The molecular formula is C17H19N3O. The molecule has 0 amide bonds. The highest BCUT2D eigenvalue weighted by atomic mass is 16.3. The zero-order valence-electron chi connectivity index (χ0n) is 11.8. The molecule has 3 rings (SSSR count). The number of nitrogens with zero attached hydrogens (tertiary/aromatic N) is 2. The van der Waals surface area contributed by atoms with E-state index in [4.69, 9.17) is 5.73 Å². The molecule has 1 heterocycles. The molecule has 0 bridgehead atoms. The summed E-state index contributed by atoms with van der Waals surface area (Å²) in [6.45, 7) is 0.579. The Morgan fingerprint density at radius 1 is 1.05 bits per heavy atom. The fourth-order valence-electron chi connectivity index (χ4n) is 2.59. The molecule has 4 nitrogen and oxygen atoms in total. The van der Waals surface area contributed by atoms with E-state index in [9.17, 15) is 5.11 Å². The molecule has 0 spiro atoms. The molecule has 1 aromatic heterocycles. The van der Waals surface area contributed by atoms with Crippen LogP contribution in [-0.2, 0) is 12.1 Å². The monoisotopic (exact) mass is 281 g/mol. The van der Waals surface area contributed by atoms with Gasteiger partial charge in [0.25, 0.3) is 0 Å². The number of nitrogens with two attached hydrogens (primary N) is 1. The largest absolute Gasteiger partial charge is 0.394 e. The summed E-state index contributed by atoms with van der Waals surface area (Å²) in [6, 6.07) is 17.8. The van der Waals surface area contributed by atoms with Crippen molar-refractivity contribution >= 4 is 10.9 Å². The maximum atomic E-state index is 9.73. The second kappa shape index (κ2) is 5.68. The number of benzene rings is 2. The Bertz CT molecular complexity index is 723. The zero-order chi connectivity index (χ0) is 14.7. The standard InChI is InChI=1S/C17H19N3O/c18-17(13-21,15-7-2-1-3-8-15)10-11-20-16-9-5-4-6-14(16)12-19-20/h1-9,12,21H,10-11,13,18H2. The van der Waals surface area contributed by atoms with Crippen molar-refractivity contribution in [2.45, 2.75) is 18.5 Å². The SMILES string of the molecule is NC(CO)(CCn1ncc2ccccc21)c1ccccc1. The predicted octanol–water partition coefficient (Wildman–Crippen LogP) is 2.27. The Morgan fingerprint density at radius 3 is 2.52 bits per heavy atom. The smallest absolute Gasteiger partial charge is 0.0682 e. The van der Waals surface area contributed by atoms with E-state index in [1.54, 1.807) is 0 Å². The van der Waals surface area contributed by atoms with Gasteiger partial charge in [-0.2, -0.15) is 5.10 Å². The van der Waals surface area contributed by atoms with E-state index < -0.39 is 5.54 Å². The fraction of sp³-hybridized carbons (Fsp3) is 0.235. The molecular weight excluding hydrogens is 262 g/mol. The maximum Gasteiger partial charge on any atom is 0.0682 e. The molecule has 0 saturated carbocycles. The summed E-state index contributed by atoms with van der Waals surface area (Å²) in [7, 11) is 0. The molecule has 0 aliphatic carbocycles. The van der Waals surface area contributed by atoms with Crippen LogP contribution in [0.1, 0.15) is 12.0 Å². The van der Waals surface area contributed by atoms with Gasteiger partial charge in [0.2, 0.25) is 0 Å². The first-order valence-corrected chi connectivity index (χ1v) is 7.09. The number of hydrogen-bond acceptors (Lipinski definition) is 3. The number of para-hydroxylation sites is 1. The van der Waals surface area contributed by atoms with Gasteiger partial charge in [0, 0.05) is 11.9 Å². The van der Waals surface area contributed by atoms with E-state index in [1.165, 1.54) is 0 Å². The third kappa shape index (κ3) is 2.68. The van der Waals surface area contributed by atoms with Crippen molar-refractivity contribution in [3.05, 3.63) is 66.4 Å². The molecule has 3 N–H and O–H groups in total. The van der Waals surface area contributed by atoms with Crippen molar-refractivity contribution in [3.8, 4) is 0 Å². The molecule has 4 heteroatoms. The van der Waals surface area contributed by atoms with Crippen molar-refractivity contribution in [2.24, 2.45) is 5.73 Å². The third-order valence-electron chi connectivity index (χ3n) is 3.95. The average Bonchev–Trinajstić information content (AvgIpc) is 2.97. The Labute approximate surface area is 123 Å². The quantitative estimate of drug-likeness (QED) is 0.754. The Balaban J connectivity index is 1.82. The van der Waals surface area contributed by atoms with Crippen LogP contribution < -0.4 is 5.73 Å². The third-order valence-corrected chi connectivity index (χ3v) is 3.95. The first-order chi connectivity index (χ1) is 10.2. The lowest BCUT2D eigenvalue weighted by Crippen LogP contribution is -2.41. The van der Waals surface area contributed by atoms with E-state index in [2.05, 4.69) is 5.10 Å². The van der Waals surface area contributed by atoms with E-state index in [0.717, 1.165) is 16.5 Å². The average molecular weight is 281 g/mol. The van der Waals surface area contributed by atoms with E-state index in [-0.39, 0.29) is 6.61 Å². The topological polar surface area (TPSA) is 64.1 Å². The predicted molar refractivity (Wildman–Crippen MR) is 83.7 cm³/mol. The molecule has 108 valence electrons. The number of hydrogen-bond donors (Lipinski definition) is 2. The van der Waals surface area contributed by atoms with Crippen molar-refractivity contribution in [1.29, 1.82) is 0 Å². The fourth-order valence-corrected chi connectivity index (χ4v) is 2.59. The highest BCUT2D eigenvalue weighted by Crippen LogP contribution is 2.23. The van der Waals surface area contributed by atoms with Crippen LogP contribution in [0.25, 0.3) is 10.9 Å². The van der Waals surface area contributed by atoms with Crippen LogP contribution in [0.3, 0.4) is 0 Å². The second-order valence-corrected chi connectivity index (χ2v) is 5.36. The maximum absolute atomic E-state index is 9.73. The number of aryl methyl sites for hydroxylation is 1. The minimum absolute atomic E-state index is 0.0871. The number of rotatable bonds is 5. The summed E-state index contributed by atoms with van der Waals surface area (Å²) in [6.07, 6.45) is 2.48. The first kappa shape index (κ1) is 13.8. The summed E-state index contributed by atoms with van der Waals surface area (Å²) in [4.78, 5) is 0. The van der Waals surface area contributed by atoms with Gasteiger partial charge in [0.1, 0.15) is 0 Å². The van der Waals surface area contributed by atoms with Crippen LogP contribution >= 0.6 is 0 Å². The molecule has 21 heavy (non-hydrogen) atoms. The summed E-state index contributed by atoms with van der Waals surface area (Å²) in [5.74, 6) is 0. The van der Waals surface area contributed by atoms with Crippen molar-refractivity contribution in [3.63, 3.8) is 0 Å². The van der Waals surface area contributed by atoms with E-state index >= 15 is 0 Å². The van der Waals surface area contributed by atoms with Crippen LogP contribution in [-0.4, -0.2) is 21.5 Å². The van der Waals surface area contributed by atoms with Crippen LogP contribution in [0.5, 0.6) is 0 Å². The molecule has 0 fully saturated rings. The van der Waals surface area contributed by atoms with Gasteiger partial charge in [-0.25, -0.2) is 0 Å². The van der Waals surface area contributed by atoms with Gasteiger partial charge in [0.05, 0.1) is 23.9 Å². The summed E-state index contributed by atoms with van der Waals surface area (Å²) in [5.41, 5.74) is 7.68. The van der Waals surface area contributed by atoms with Gasteiger partial charge in [-0.3, -0.25) is 4.68 Å². The summed E-state index contributed by atoms with van der Waals surface area (Å²) < 4.78 is 1.94. The number of aliphatic hydroxyl groups is 1. The zero-order valence-corrected chi connectivity index (χ0v) is 11.8. The number of fused-ring (bicyclic) bond motifs is 1.